The van der Waals surface area contributed by atoms with Gasteiger partial charge in [0.2, 0.25) is 0 Å². The average Bonchev–Trinajstić information content (AvgIpc) is 2.01. The van der Waals surface area contributed by atoms with E-state index in [0.717, 1.165) is 0 Å². The highest BCUT2D eigenvalue weighted by Crippen LogP contribution is 2.14. The fourth-order valence-corrected chi connectivity index (χ4v) is 0.997. The van der Waals surface area contributed by atoms with Crippen molar-refractivity contribution in [3.63, 3.8) is 0 Å². The Hall–Kier alpha value is -0.740. The lowest BCUT2D eigenvalue weighted by atomic mass is 10.1. The summed E-state index contributed by atoms with van der Waals surface area (Å²) in [5.74, 6) is -3.31. The highest BCUT2D eigenvalue weighted by Gasteiger charge is 2.27. The van der Waals surface area contributed by atoms with Crippen molar-refractivity contribution in [3.05, 3.63) is 10.6 Å². The Kier molecular flexibility index (Phi) is 6.36. The Labute approximate surface area is 97.8 Å². The van der Waals surface area contributed by atoms with Crippen LogP contribution in [-0.4, -0.2) is 23.1 Å². The molecule has 0 bridgehead atoms. The van der Waals surface area contributed by atoms with Crippen molar-refractivity contribution in [3.8, 4) is 0 Å². The van der Waals surface area contributed by atoms with Gasteiger partial charge in [-0.15, -0.1) is 0 Å². The van der Waals surface area contributed by atoms with Crippen LogP contribution in [0.15, 0.2) is 10.6 Å². The van der Waals surface area contributed by atoms with Crippen molar-refractivity contribution in [2.24, 2.45) is 5.92 Å². The van der Waals surface area contributed by atoms with Gasteiger partial charge >= 0.3 is 11.9 Å². The molecule has 0 saturated heterocycles. The van der Waals surface area contributed by atoms with E-state index in [4.69, 9.17) is 33.0 Å². The Balaban J connectivity index is 4.46. The molecule has 1 N–H and O–H groups in total. The lowest BCUT2D eigenvalue weighted by molar-refractivity contribution is -0.161. The van der Waals surface area contributed by atoms with Crippen molar-refractivity contribution in [1.82, 2.24) is 0 Å². The maximum Gasteiger partial charge on any atom is 0.320 e. The van der Waals surface area contributed by atoms with Crippen molar-refractivity contribution in [1.29, 1.82) is 0 Å². The molecular formula is C9H12Cl2O4. The summed E-state index contributed by atoms with van der Waals surface area (Å²) in [6.45, 7) is 3.28. The van der Waals surface area contributed by atoms with Gasteiger partial charge in [0.25, 0.3) is 0 Å². The molecule has 0 aliphatic heterocycles. The molecule has 1 atom stereocenters. The summed E-state index contributed by atoms with van der Waals surface area (Å²) in [6.07, 6.45) is 0.821. The van der Waals surface area contributed by atoms with E-state index in [9.17, 15) is 9.59 Å². The summed E-state index contributed by atoms with van der Waals surface area (Å²) < 4.78 is 4.70. The van der Waals surface area contributed by atoms with Crippen LogP contribution < -0.4 is 0 Å². The van der Waals surface area contributed by atoms with E-state index in [1.165, 1.54) is 6.08 Å². The third kappa shape index (κ3) is 6.36. The monoisotopic (exact) mass is 254 g/mol. The minimum atomic E-state index is -1.26. The van der Waals surface area contributed by atoms with E-state index in [0.29, 0.717) is 0 Å². The minimum absolute atomic E-state index is 0.0707. The van der Waals surface area contributed by atoms with Gasteiger partial charge in [-0.2, -0.15) is 0 Å². The van der Waals surface area contributed by atoms with Gasteiger partial charge in [-0.05, 0) is 20.3 Å². The molecule has 0 fully saturated rings. The first kappa shape index (κ1) is 14.3. The fourth-order valence-electron chi connectivity index (χ4n) is 0.819. The number of esters is 1. The molecule has 86 valence electrons. The van der Waals surface area contributed by atoms with Crippen molar-refractivity contribution >= 4 is 35.1 Å². The molecule has 0 saturated carbocycles. The first-order valence-electron chi connectivity index (χ1n) is 4.29. The molecule has 15 heavy (non-hydrogen) atoms. The van der Waals surface area contributed by atoms with Gasteiger partial charge in [-0.3, -0.25) is 9.59 Å². The zero-order chi connectivity index (χ0) is 12.0. The molecule has 0 amide bonds. The van der Waals surface area contributed by atoms with Gasteiger partial charge in [-0.1, -0.05) is 29.3 Å². The van der Waals surface area contributed by atoms with Crippen molar-refractivity contribution in [2.75, 3.05) is 0 Å². The number of carboxylic acids is 1. The molecule has 6 heteroatoms. The van der Waals surface area contributed by atoms with Gasteiger partial charge in [0, 0.05) is 0 Å². The van der Waals surface area contributed by atoms with E-state index >= 15 is 0 Å². The molecule has 0 aromatic carbocycles. The van der Waals surface area contributed by atoms with E-state index in [1.807, 2.05) is 0 Å². The van der Waals surface area contributed by atoms with Gasteiger partial charge < -0.3 is 9.84 Å². The Bertz CT molecular complexity index is 269. The van der Waals surface area contributed by atoms with Crippen LogP contribution in [0.3, 0.4) is 0 Å². The first-order chi connectivity index (χ1) is 6.84. The van der Waals surface area contributed by atoms with Gasteiger partial charge in [-0.25, -0.2) is 0 Å². The third-order valence-corrected chi connectivity index (χ3v) is 1.75. The van der Waals surface area contributed by atoms with E-state index in [1.54, 1.807) is 13.8 Å². The van der Waals surface area contributed by atoms with E-state index in [2.05, 4.69) is 0 Å². The quantitative estimate of drug-likeness (QED) is 0.605. The predicted molar refractivity (Wildman–Crippen MR) is 56.8 cm³/mol. The van der Waals surface area contributed by atoms with Crippen LogP contribution >= 0.6 is 23.2 Å². The second-order valence-electron chi connectivity index (χ2n) is 3.11. The number of aliphatic carboxylic acids is 1. The number of carboxylic acid groups (broad SMARTS) is 1. The molecule has 0 aromatic rings. The number of ether oxygens (including phenoxy) is 1. The van der Waals surface area contributed by atoms with E-state index in [-0.39, 0.29) is 17.0 Å². The van der Waals surface area contributed by atoms with Crippen LogP contribution in [0, 0.1) is 5.92 Å². The minimum Gasteiger partial charge on any atom is -0.481 e. The van der Waals surface area contributed by atoms with Crippen LogP contribution in [0.1, 0.15) is 20.3 Å². The number of hydrogen-bond donors (Lipinski definition) is 1. The number of halogens is 2. The normalized spacial score (nSPS) is 12.1. The van der Waals surface area contributed by atoms with Gasteiger partial charge in [0.1, 0.15) is 4.49 Å². The smallest absolute Gasteiger partial charge is 0.320 e. The molecule has 1 unspecified atom stereocenters. The molecule has 0 heterocycles. The Morgan fingerprint density at radius 3 is 2.27 bits per heavy atom. The average molecular weight is 255 g/mol. The zero-order valence-corrected chi connectivity index (χ0v) is 9.88. The largest absolute Gasteiger partial charge is 0.481 e. The maximum absolute atomic E-state index is 11.3. The van der Waals surface area contributed by atoms with Crippen molar-refractivity contribution in [2.45, 2.75) is 26.4 Å². The summed E-state index contributed by atoms with van der Waals surface area (Å²) in [5.41, 5.74) is 0. The highest BCUT2D eigenvalue weighted by atomic mass is 35.5. The van der Waals surface area contributed by atoms with Crippen LogP contribution in [0.4, 0.5) is 0 Å². The summed E-state index contributed by atoms with van der Waals surface area (Å²) in [7, 11) is 0. The van der Waals surface area contributed by atoms with Crippen molar-refractivity contribution < 1.29 is 19.4 Å². The van der Waals surface area contributed by atoms with Gasteiger partial charge in [0.15, 0.2) is 5.92 Å². The number of allylic oxidation sites excluding steroid dienone is 1. The van der Waals surface area contributed by atoms with E-state index < -0.39 is 17.9 Å². The second-order valence-corrected chi connectivity index (χ2v) is 4.11. The fraction of sp³-hybridized carbons (Fsp3) is 0.556. The highest BCUT2D eigenvalue weighted by molar-refractivity contribution is 6.55. The first-order valence-corrected chi connectivity index (χ1v) is 5.04. The third-order valence-electron chi connectivity index (χ3n) is 1.44. The molecule has 0 aromatic heterocycles. The molecule has 0 aliphatic carbocycles. The number of carbonyl (C=O) groups excluding carboxylic acids is 1. The number of hydrogen-bond acceptors (Lipinski definition) is 3. The lowest BCUT2D eigenvalue weighted by Crippen LogP contribution is -2.27. The standard InChI is InChI=1S/C9H12Cl2O4/c1-5(2)15-9(14)6(8(12)13)3-4-7(10)11/h4-6H,3H2,1-2H3,(H,12,13). The molecule has 0 rings (SSSR count). The summed E-state index contributed by atoms with van der Waals surface area (Å²) >= 11 is 10.6. The molecule has 0 spiro atoms. The van der Waals surface area contributed by atoms with Crippen LogP contribution in [0.2, 0.25) is 0 Å². The number of rotatable bonds is 5. The summed E-state index contributed by atoms with van der Waals surface area (Å²) in [6, 6.07) is 0. The Morgan fingerprint density at radius 2 is 1.93 bits per heavy atom. The van der Waals surface area contributed by atoms with Crippen LogP contribution in [0.25, 0.3) is 0 Å². The SMILES string of the molecule is CC(C)OC(=O)C(CC=C(Cl)Cl)C(=O)O. The summed E-state index contributed by atoms with van der Waals surface area (Å²) in [4.78, 5) is 22.0. The predicted octanol–water partition coefficient (Wildman–Crippen LogP) is 2.35. The van der Waals surface area contributed by atoms with Crippen LogP contribution in [0.5, 0.6) is 0 Å². The molecule has 0 radical (unpaired) electrons. The van der Waals surface area contributed by atoms with Crippen LogP contribution in [-0.2, 0) is 14.3 Å². The topological polar surface area (TPSA) is 63.6 Å². The lowest BCUT2D eigenvalue weighted by Gasteiger charge is -2.12. The second kappa shape index (κ2) is 6.69. The summed E-state index contributed by atoms with van der Waals surface area (Å²) in [5, 5.41) is 8.75. The number of carbonyl (C=O) groups is 2. The molecular weight excluding hydrogens is 243 g/mol. The molecule has 4 nitrogen and oxygen atoms in total. The maximum atomic E-state index is 11.3. The Morgan fingerprint density at radius 1 is 1.40 bits per heavy atom. The molecule has 0 aliphatic rings. The van der Waals surface area contributed by atoms with Gasteiger partial charge in [0.05, 0.1) is 6.10 Å². The zero-order valence-electron chi connectivity index (χ0n) is 8.37.